The Kier molecular flexibility index (Phi) is 5.17. The Hall–Kier alpha value is -3.59. The SMILES string of the molecule is O=C1CSc2ncnc(NC3CC(=O)N(c4ccc(Oc5ccccc5)cc4)C3)c2N1. The van der Waals surface area contributed by atoms with E-state index in [1.54, 1.807) is 4.90 Å². The van der Waals surface area contributed by atoms with Crippen LogP contribution in [0.4, 0.5) is 17.2 Å². The first-order chi connectivity index (χ1) is 15.2. The van der Waals surface area contributed by atoms with Crippen LogP contribution in [0.2, 0.25) is 0 Å². The number of hydrogen-bond donors (Lipinski definition) is 2. The molecule has 9 heteroatoms. The van der Waals surface area contributed by atoms with E-state index in [4.69, 9.17) is 4.74 Å². The Morgan fingerprint density at radius 1 is 1.03 bits per heavy atom. The van der Waals surface area contributed by atoms with Crippen LogP contribution >= 0.6 is 11.8 Å². The van der Waals surface area contributed by atoms with E-state index >= 15 is 0 Å². The van der Waals surface area contributed by atoms with Crippen LogP contribution in [0.15, 0.2) is 66.0 Å². The number of thioether (sulfide) groups is 1. The number of aromatic nitrogens is 2. The number of carbonyl (C=O) groups is 2. The minimum atomic E-state index is -0.129. The maximum Gasteiger partial charge on any atom is 0.234 e. The third-order valence-electron chi connectivity index (χ3n) is 5.01. The van der Waals surface area contributed by atoms with Gasteiger partial charge in [-0.2, -0.15) is 0 Å². The second-order valence-electron chi connectivity index (χ2n) is 7.20. The van der Waals surface area contributed by atoms with Gasteiger partial charge in [0.2, 0.25) is 11.8 Å². The Balaban J connectivity index is 1.27. The minimum Gasteiger partial charge on any atom is -0.457 e. The van der Waals surface area contributed by atoms with E-state index in [1.165, 1.54) is 18.1 Å². The van der Waals surface area contributed by atoms with Crippen molar-refractivity contribution in [3.8, 4) is 11.5 Å². The lowest BCUT2D eigenvalue weighted by molar-refractivity contribution is -0.117. The molecule has 2 aliphatic rings. The zero-order chi connectivity index (χ0) is 21.2. The summed E-state index contributed by atoms with van der Waals surface area (Å²) >= 11 is 1.38. The van der Waals surface area contributed by atoms with E-state index in [0.717, 1.165) is 16.5 Å². The lowest BCUT2D eigenvalue weighted by atomic mass is 10.2. The van der Waals surface area contributed by atoms with Crippen molar-refractivity contribution in [1.29, 1.82) is 0 Å². The quantitative estimate of drug-likeness (QED) is 0.594. The Morgan fingerprint density at radius 2 is 1.81 bits per heavy atom. The first kappa shape index (κ1) is 19.4. The molecule has 5 rings (SSSR count). The van der Waals surface area contributed by atoms with Gasteiger partial charge in [-0.05, 0) is 36.4 Å². The summed E-state index contributed by atoms with van der Waals surface area (Å²) in [5.41, 5.74) is 1.39. The number of nitrogens with zero attached hydrogens (tertiary/aromatic N) is 3. The number of para-hydroxylation sites is 1. The first-order valence-corrected chi connectivity index (χ1v) is 10.8. The molecule has 2 aliphatic heterocycles. The molecule has 0 saturated carbocycles. The van der Waals surface area contributed by atoms with E-state index in [1.807, 2.05) is 54.6 Å². The van der Waals surface area contributed by atoms with Gasteiger partial charge in [0, 0.05) is 18.7 Å². The maximum absolute atomic E-state index is 12.6. The van der Waals surface area contributed by atoms with Crippen LogP contribution in [0.5, 0.6) is 11.5 Å². The van der Waals surface area contributed by atoms with Gasteiger partial charge in [0.05, 0.1) is 11.8 Å². The molecule has 2 N–H and O–H groups in total. The fraction of sp³-hybridized carbons (Fsp3) is 0.182. The van der Waals surface area contributed by atoms with E-state index in [9.17, 15) is 9.59 Å². The molecule has 0 spiro atoms. The zero-order valence-corrected chi connectivity index (χ0v) is 17.3. The van der Waals surface area contributed by atoms with Crippen LogP contribution < -0.4 is 20.3 Å². The third kappa shape index (κ3) is 4.17. The summed E-state index contributed by atoms with van der Waals surface area (Å²) in [5.74, 6) is 2.28. The average molecular weight is 433 g/mol. The standard InChI is InChI=1S/C22H19N5O3S/c28-18-12-31-22-20(26-18)21(23-13-24-22)25-14-10-19(29)27(11-14)15-6-8-17(9-7-15)30-16-4-2-1-3-5-16/h1-9,13-14H,10-12H2,(H,26,28)(H,23,24,25). The molecular weight excluding hydrogens is 414 g/mol. The zero-order valence-electron chi connectivity index (χ0n) is 16.4. The number of rotatable bonds is 5. The van der Waals surface area contributed by atoms with Gasteiger partial charge in [-0.15, -0.1) is 0 Å². The molecule has 1 unspecified atom stereocenters. The highest BCUT2D eigenvalue weighted by Crippen LogP contribution is 2.35. The summed E-state index contributed by atoms with van der Waals surface area (Å²) in [6, 6.07) is 16.9. The molecule has 0 aliphatic carbocycles. The van der Waals surface area contributed by atoms with Gasteiger partial charge < -0.3 is 20.3 Å². The summed E-state index contributed by atoms with van der Waals surface area (Å²) in [5, 5.41) is 6.85. The van der Waals surface area contributed by atoms with Gasteiger partial charge in [0.25, 0.3) is 0 Å². The number of fused-ring (bicyclic) bond motifs is 1. The number of ether oxygens (including phenoxy) is 1. The number of anilines is 3. The van der Waals surface area contributed by atoms with Crippen molar-refractivity contribution in [2.45, 2.75) is 17.5 Å². The lowest BCUT2D eigenvalue weighted by Gasteiger charge is -2.21. The number of amides is 2. The monoisotopic (exact) mass is 433 g/mol. The van der Waals surface area contributed by atoms with Gasteiger partial charge in [0.1, 0.15) is 28.5 Å². The van der Waals surface area contributed by atoms with Crippen LogP contribution in [0, 0.1) is 0 Å². The molecule has 1 saturated heterocycles. The Labute approximate surface area is 183 Å². The molecule has 8 nitrogen and oxygen atoms in total. The van der Waals surface area contributed by atoms with Crippen molar-refractivity contribution in [1.82, 2.24) is 9.97 Å². The number of carbonyl (C=O) groups excluding carboxylic acids is 2. The molecule has 3 heterocycles. The highest BCUT2D eigenvalue weighted by Gasteiger charge is 2.32. The van der Waals surface area contributed by atoms with Crippen molar-refractivity contribution >= 4 is 40.8 Å². The number of nitrogens with one attached hydrogen (secondary N) is 2. The van der Waals surface area contributed by atoms with Crippen LogP contribution in [-0.2, 0) is 9.59 Å². The van der Waals surface area contributed by atoms with Crippen LogP contribution in [0.3, 0.4) is 0 Å². The van der Waals surface area contributed by atoms with E-state index in [0.29, 0.717) is 36.0 Å². The molecule has 156 valence electrons. The molecule has 0 radical (unpaired) electrons. The highest BCUT2D eigenvalue weighted by atomic mass is 32.2. The molecule has 2 amide bonds. The predicted octanol–water partition coefficient (Wildman–Crippen LogP) is 3.53. The number of hydrogen-bond acceptors (Lipinski definition) is 7. The molecule has 0 bridgehead atoms. The smallest absolute Gasteiger partial charge is 0.234 e. The molecule has 31 heavy (non-hydrogen) atoms. The van der Waals surface area contributed by atoms with Crippen molar-refractivity contribution < 1.29 is 14.3 Å². The van der Waals surface area contributed by atoms with Crippen molar-refractivity contribution in [3.63, 3.8) is 0 Å². The van der Waals surface area contributed by atoms with E-state index < -0.39 is 0 Å². The topological polar surface area (TPSA) is 96.5 Å². The van der Waals surface area contributed by atoms with Gasteiger partial charge in [-0.3, -0.25) is 9.59 Å². The van der Waals surface area contributed by atoms with Crippen molar-refractivity contribution in [3.05, 3.63) is 60.9 Å². The molecule has 1 atom stereocenters. The van der Waals surface area contributed by atoms with Gasteiger partial charge in [-0.1, -0.05) is 30.0 Å². The highest BCUT2D eigenvalue weighted by molar-refractivity contribution is 8.00. The van der Waals surface area contributed by atoms with Gasteiger partial charge in [-0.25, -0.2) is 9.97 Å². The van der Waals surface area contributed by atoms with E-state index in [2.05, 4.69) is 20.6 Å². The summed E-state index contributed by atoms with van der Waals surface area (Å²) in [6.07, 6.45) is 1.80. The maximum atomic E-state index is 12.6. The Bertz CT molecular complexity index is 1120. The summed E-state index contributed by atoms with van der Waals surface area (Å²) < 4.78 is 5.82. The van der Waals surface area contributed by atoms with Crippen LogP contribution in [0.25, 0.3) is 0 Å². The van der Waals surface area contributed by atoms with Gasteiger partial charge >= 0.3 is 0 Å². The lowest BCUT2D eigenvalue weighted by Crippen LogP contribution is -2.29. The predicted molar refractivity (Wildman–Crippen MR) is 119 cm³/mol. The summed E-state index contributed by atoms with van der Waals surface area (Å²) in [6.45, 7) is 0.498. The van der Waals surface area contributed by atoms with Crippen LogP contribution in [-0.4, -0.2) is 40.1 Å². The first-order valence-electron chi connectivity index (χ1n) is 9.83. The average Bonchev–Trinajstić information content (AvgIpc) is 3.15. The van der Waals surface area contributed by atoms with E-state index in [-0.39, 0.29) is 17.9 Å². The fourth-order valence-electron chi connectivity index (χ4n) is 3.58. The molecule has 2 aromatic carbocycles. The molecule has 3 aromatic rings. The Morgan fingerprint density at radius 3 is 2.61 bits per heavy atom. The fourth-order valence-corrected chi connectivity index (χ4v) is 4.33. The number of benzene rings is 2. The van der Waals surface area contributed by atoms with Crippen molar-refractivity contribution in [2.75, 3.05) is 27.8 Å². The minimum absolute atomic E-state index is 0.0237. The summed E-state index contributed by atoms with van der Waals surface area (Å²) in [7, 11) is 0. The third-order valence-corrected chi connectivity index (χ3v) is 6.00. The molecule has 1 aromatic heterocycles. The second kappa shape index (κ2) is 8.27. The summed E-state index contributed by atoms with van der Waals surface area (Å²) in [4.78, 5) is 34.6. The van der Waals surface area contributed by atoms with Crippen molar-refractivity contribution in [2.24, 2.45) is 0 Å². The normalized spacial score (nSPS) is 17.8. The van der Waals surface area contributed by atoms with Crippen LogP contribution in [0.1, 0.15) is 6.42 Å². The molecule has 1 fully saturated rings. The second-order valence-corrected chi connectivity index (χ2v) is 8.16. The van der Waals surface area contributed by atoms with Gasteiger partial charge in [0.15, 0.2) is 5.82 Å². The largest absolute Gasteiger partial charge is 0.457 e. The molecular formula is C22H19N5O3S.